The summed E-state index contributed by atoms with van der Waals surface area (Å²) in [5.74, 6) is 0.983. The van der Waals surface area contributed by atoms with Crippen molar-refractivity contribution in [3.05, 3.63) is 29.3 Å². The third kappa shape index (κ3) is 4.98. The Morgan fingerprint density at radius 3 is 2.23 bits per heavy atom. The van der Waals surface area contributed by atoms with Crippen LogP contribution in [0.2, 0.25) is 0 Å². The van der Waals surface area contributed by atoms with Gasteiger partial charge in [0.1, 0.15) is 0 Å². The molecule has 0 radical (unpaired) electrons. The van der Waals surface area contributed by atoms with Crippen molar-refractivity contribution in [2.45, 2.75) is 78.7 Å². The minimum Gasteiger partial charge on any atom is -0.358 e. The highest BCUT2D eigenvalue weighted by Gasteiger charge is 2.19. The van der Waals surface area contributed by atoms with Crippen molar-refractivity contribution in [3.63, 3.8) is 0 Å². The van der Waals surface area contributed by atoms with E-state index >= 15 is 0 Å². The van der Waals surface area contributed by atoms with E-state index in [2.05, 4.69) is 77.3 Å². The van der Waals surface area contributed by atoms with Gasteiger partial charge >= 0.3 is 0 Å². The van der Waals surface area contributed by atoms with Gasteiger partial charge in [0.2, 0.25) is 0 Å². The van der Waals surface area contributed by atoms with Crippen LogP contribution >= 0.6 is 12.2 Å². The summed E-state index contributed by atoms with van der Waals surface area (Å²) < 4.78 is 0. The van der Waals surface area contributed by atoms with Gasteiger partial charge < -0.3 is 10.6 Å². The molecule has 0 amide bonds. The molecule has 0 saturated carbocycles. The quantitative estimate of drug-likeness (QED) is 0.648. The second kappa shape index (κ2) is 7.96. The first kappa shape index (κ1) is 19.0. The SMILES string of the molecule is CCC(C)c1cccc(C(C)C)c1NC(=S)NC(C)(C)CC. The average molecular weight is 321 g/mol. The van der Waals surface area contributed by atoms with Gasteiger partial charge in [-0.15, -0.1) is 0 Å². The molecule has 2 nitrogen and oxygen atoms in total. The van der Waals surface area contributed by atoms with Gasteiger partial charge in [0.05, 0.1) is 0 Å². The van der Waals surface area contributed by atoms with E-state index in [4.69, 9.17) is 12.2 Å². The Labute approximate surface area is 142 Å². The lowest BCUT2D eigenvalue weighted by Crippen LogP contribution is -2.45. The van der Waals surface area contributed by atoms with Crippen molar-refractivity contribution in [2.75, 3.05) is 5.32 Å². The minimum absolute atomic E-state index is 0.00733. The van der Waals surface area contributed by atoms with E-state index in [1.54, 1.807) is 0 Å². The van der Waals surface area contributed by atoms with Crippen LogP contribution in [0, 0.1) is 0 Å². The van der Waals surface area contributed by atoms with Crippen LogP contribution in [0.5, 0.6) is 0 Å². The molecule has 1 aromatic carbocycles. The lowest BCUT2D eigenvalue weighted by molar-refractivity contribution is 0.448. The van der Waals surface area contributed by atoms with E-state index in [9.17, 15) is 0 Å². The standard InChI is InChI=1S/C19H32N2S/c1-8-14(5)16-12-10-11-15(13(3)4)17(16)20-18(22)21-19(6,7)9-2/h10-14H,8-9H2,1-7H3,(H2,20,21,22). The van der Waals surface area contributed by atoms with Crippen molar-refractivity contribution < 1.29 is 0 Å². The normalized spacial score (nSPS) is 13.1. The molecule has 0 spiro atoms. The fourth-order valence-corrected chi connectivity index (χ4v) is 2.76. The Hall–Kier alpha value is -1.09. The zero-order valence-electron chi connectivity index (χ0n) is 15.2. The van der Waals surface area contributed by atoms with Crippen LogP contribution in [0.15, 0.2) is 18.2 Å². The number of anilines is 1. The topological polar surface area (TPSA) is 24.1 Å². The monoisotopic (exact) mass is 320 g/mol. The fourth-order valence-electron chi connectivity index (χ4n) is 2.39. The number of hydrogen-bond acceptors (Lipinski definition) is 1. The molecular formula is C19H32N2S. The number of nitrogens with one attached hydrogen (secondary N) is 2. The number of benzene rings is 1. The molecule has 0 aliphatic carbocycles. The lowest BCUT2D eigenvalue weighted by Gasteiger charge is -2.28. The van der Waals surface area contributed by atoms with Crippen LogP contribution in [-0.2, 0) is 0 Å². The third-order valence-electron chi connectivity index (χ3n) is 4.47. The molecule has 0 aliphatic heterocycles. The van der Waals surface area contributed by atoms with E-state index in [1.165, 1.54) is 16.8 Å². The summed E-state index contributed by atoms with van der Waals surface area (Å²) in [6.45, 7) is 15.5. The lowest BCUT2D eigenvalue weighted by atomic mass is 9.90. The van der Waals surface area contributed by atoms with Gasteiger partial charge in [0.25, 0.3) is 0 Å². The maximum Gasteiger partial charge on any atom is 0.171 e. The first-order valence-corrected chi connectivity index (χ1v) is 8.84. The van der Waals surface area contributed by atoms with E-state index in [0.29, 0.717) is 16.9 Å². The molecule has 2 N–H and O–H groups in total. The van der Waals surface area contributed by atoms with Crippen LogP contribution in [-0.4, -0.2) is 10.7 Å². The molecular weight excluding hydrogens is 288 g/mol. The summed E-state index contributed by atoms with van der Waals surface area (Å²) in [4.78, 5) is 0. The number of hydrogen-bond donors (Lipinski definition) is 2. The Bertz CT molecular complexity index is 506. The summed E-state index contributed by atoms with van der Waals surface area (Å²) in [6, 6.07) is 6.58. The Kier molecular flexibility index (Phi) is 6.86. The molecule has 1 aromatic rings. The summed E-state index contributed by atoms with van der Waals surface area (Å²) in [5.41, 5.74) is 3.88. The van der Waals surface area contributed by atoms with Gasteiger partial charge in [-0.05, 0) is 61.9 Å². The van der Waals surface area contributed by atoms with Crippen molar-refractivity contribution in [1.82, 2.24) is 5.32 Å². The second-order valence-electron chi connectivity index (χ2n) is 7.09. The van der Waals surface area contributed by atoms with Gasteiger partial charge in [-0.2, -0.15) is 0 Å². The fraction of sp³-hybridized carbons (Fsp3) is 0.632. The highest BCUT2D eigenvalue weighted by atomic mass is 32.1. The Balaban J connectivity index is 3.12. The zero-order chi connectivity index (χ0) is 16.9. The maximum atomic E-state index is 5.56. The predicted octanol–water partition coefficient (Wildman–Crippen LogP) is 5.80. The summed E-state index contributed by atoms with van der Waals surface area (Å²) >= 11 is 5.56. The van der Waals surface area contributed by atoms with Crippen LogP contribution in [0.3, 0.4) is 0 Å². The largest absolute Gasteiger partial charge is 0.358 e. The van der Waals surface area contributed by atoms with E-state index in [1.807, 2.05) is 0 Å². The van der Waals surface area contributed by atoms with Gasteiger partial charge in [-0.3, -0.25) is 0 Å². The average Bonchev–Trinajstić information content (AvgIpc) is 2.45. The molecule has 0 heterocycles. The Morgan fingerprint density at radius 1 is 1.14 bits per heavy atom. The van der Waals surface area contributed by atoms with Crippen molar-refractivity contribution >= 4 is 23.0 Å². The van der Waals surface area contributed by atoms with Crippen molar-refractivity contribution in [3.8, 4) is 0 Å². The highest BCUT2D eigenvalue weighted by Crippen LogP contribution is 2.33. The summed E-state index contributed by atoms with van der Waals surface area (Å²) in [6.07, 6.45) is 2.15. The Morgan fingerprint density at radius 2 is 1.73 bits per heavy atom. The molecule has 1 unspecified atom stereocenters. The van der Waals surface area contributed by atoms with Crippen LogP contribution in [0.25, 0.3) is 0 Å². The van der Waals surface area contributed by atoms with Crippen LogP contribution in [0.4, 0.5) is 5.69 Å². The third-order valence-corrected chi connectivity index (χ3v) is 4.67. The zero-order valence-corrected chi connectivity index (χ0v) is 16.0. The molecule has 124 valence electrons. The number of thiocarbonyl (C=S) groups is 1. The minimum atomic E-state index is 0.00733. The molecule has 22 heavy (non-hydrogen) atoms. The summed E-state index contributed by atoms with van der Waals surface area (Å²) in [5, 5.41) is 7.62. The van der Waals surface area contributed by atoms with Gasteiger partial charge in [-0.25, -0.2) is 0 Å². The molecule has 0 aromatic heterocycles. The van der Waals surface area contributed by atoms with Crippen molar-refractivity contribution in [1.29, 1.82) is 0 Å². The highest BCUT2D eigenvalue weighted by molar-refractivity contribution is 7.80. The molecule has 1 atom stereocenters. The van der Waals surface area contributed by atoms with Crippen LogP contribution in [0.1, 0.15) is 84.3 Å². The van der Waals surface area contributed by atoms with Crippen molar-refractivity contribution in [2.24, 2.45) is 0 Å². The number of rotatable bonds is 6. The summed E-state index contributed by atoms with van der Waals surface area (Å²) in [7, 11) is 0. The van der Waals surface area contributed by atoms with Gasteiger partial charge in [-0.1, -0.05) is 52.8 Å². The second-order valence-corrected chi connectivity index (χ2v) is 7.50. The molecule has 3 heteroatoms. The molecule has 0 saturated heterocycles. The van der Waals surface area contributed by atoms with Crippen LogP contribution < -0.4 is 10.6 Å². The van der Waals surface area contributed by atoms with E-state index in [0.717, 1.165) is 12.8 Å². The molecule has 0 bridgehead atoms. The van der Waals surface area contributed by atoms with E-state index in [-0.39, 0.29) is 5.54 Å². The first-order valence-electron chi connectivity index (χ1n) is 8.43. The molecule has 0 aliphatic rings. The predicted molar refractivity (Wildman–Crippen MR) is 103 cm³/mol. The smallest absolute Gasteiger partial charge is 0.171 e. The first-order chi connectivity index (χ1) is 10.2. The molecule has 0 fully saturated rings. The molecule has 1 rings (SSSR count). The number of para-hydroxylation sites is 1. The van der Waals surface area contributed by atoms with Gasteiger partial charge in [0, 0.05) is 11.2 Å². The maximum absolute atomic E-state index is 5.56. The van der Waals surface area contributed by atoms with Gasteiger partial charge in [0.15, 0.2) is 5.11 Å². The van der Waals surface area contributed by atoms with E-state index < -0.39 is 0 Å².